The van der Waals surface area contributed by atoms with Crippen molar-refractivity contribution in [3.63, 3.8) is 0 Å². The number of nitrogens with one attached hydrogen (secondary N) is 1. The molecule has 1 aliphatic heterocycles. The minimum Gasteiger partial charge on any atom is -0.378 e. The molecule has 23 heavy (non-hydrogen) atoms. The van der Waals surface area contributed by atoms with Crippen LogP contribution in [0, 0.1) is 0 Å². The van der Waals surface area contributed by atoms with E-state index in [1.54, 1.807) is 18.2 Å². The van der Waals surface area contributed by atoms with Gasteiger partial charge >= 0.3 is 0 Å². The fraction of sp³-hybridized carbons (Fsp3) is 0.235. The SMILES string of the molecule is O=C(Nc1ccc(Cl)c(Cl)c1)c1ccc(N2CCOCC2)cc1. The Hall–Kier alpha value is -1.75. The van der Waals surface area contributed by atoms with Crippen molar-refractivity contribution in [2.45, 2.75) is 0 Å². The highest BCUT2D eigenvalue weighted by molar-refractivity contribution is 6.42. The monoisotopic (exact) mass is 350 g/mol. The van der Waals surface area contributed by atoms with Gasteiger partial charge in [0.25, 0.3) is 5.91 Å². The number of nitrogens with zero attached hydrogens (tertiary/aromatic N) is 1. The quantitative estimate of drug-likeness (QED) is 0.906. The summed E-state index contributed by atoms with van der Waals surface area (Å²) in [5.41, 5.74) is 2.30. The molecule has 0 bridgehead atoms. The second-order valence-electron chi connectivity index (χ2n) is 5.23. The average molecular weight is 351 g/mol. The molecule has 0 saturated carbocycles. The molecule has 1 amide bonds. The number of carbonyl (C=O) groups is 1. The number of morpholine rings is 1. The van der Waals surface area contributed by atoms with E-state index in [4.69, 9.17) is 27.9 Å². The Kier molecular flexibility index (Phi) is 5.06. The summed E-state index contributed by atoms with van der Waals surface area (Å²) in [7, 11) is 0. The Morgan fingerprint density at radius 2 is 1.70 bits per heavy atom. The summed E-state index contributed by atoms with van der Waals surface area (Å²) < 4.78 is 5.34. The standard InChI is InChI=1S/C17H16Cl2N2O2/c18-15-6-3-13(11-16(15)19)20-17(22)12-1-4-14(5-2-12)21-7-9-23-10-8-21/h1-6,11H,7-10H2,(H,20,22). The van der Waals surface area contributed by atoms with Gasteiger partial charge in [0.2, 0.25) is 0 Å². The van der Waals surface area contributed by atoms with Crippen molar-refractivity contribution in [3.8, 4) is 0 Å². The molecule has 0 spiro atoms. The van der Waals surface area contributed by atoms with Gasteiger partial charge in [-0.2, -0.15) is 0 Å². The normalized spacial score (nSPS) is 14.6. The van der Waals surface area contributed by atoms with Crippen LogP contribution in [0.5, 0.6) is 0 Å². The van der Waals surface area contributed by atoms with Crippen molar-refractivity contribution in [2.24, 2.45) is 0 Å². The van der Waals surface area contributed by atoms with Crippen molar-refractivity contribution in [1.82, 2.24) is 0 Å². The van der Waals surface area contributed by atoms with E-state index >= 15 is 0 Å². The second kappa shape index (κ2) is 7.21. The number of hydrogen-bond acceptors (Lipinski definition) is 3. The highest BCUT2D eigenvalue weighted by Gasteiger charge is 2.12. The predicted molar refractivity (Wildman–Crippen MR) is 93.9 cm³/mol. The number of rotatable bonds is 3. The third-order valence-electron chi connectivity index (χ3n) is 3.68. The zero-order chi connectivity index (χ0) is 16.2. The number of benzene rings is 2. The van der Waals surface area contributed by atoms with E-state index in [9.17, 15) is 4.79 Å². The van der Waals surface area contributed by atoms with E-state index in [-0.39, 0.29) is 5.91 Å². The molecule has 0 unspecified atom stereocenters. The molecule has 2 aromatic carbocycles. The lowest BCUT2D eigenvalue weighted by atomic mass is 10.1. The fourth-order valence-electron chi connectivity index (χ4n) is 2.42. The Balaban J connectivity index is 1.68. The van der Waals surface area contributed by atoms with Crippen LogP contribution >= 0.6 is 23.2 Å². The first-order chi connectivity index (χ1) is 11.1. The zero-order valence-electron chi connectivity index (χ0n) is 12.4. The summed E-state index contributed by atoms with van der Waals surface area (Å²) in [4.78, 5) is 14.5. The van der Waals surface area contributed by atoms with Crippen LogP contribution in [0.4, 0.5) is 11.4 Å². The number of halogens is 2. The number of ether oxygens (including phenoxy) is 1. The lowest BCUT2D eigenvalue weighted by Gasteiger charge is -2.28. The summed E-state index contributed by atoms with van der Waals surface area (Å²) in [6.07, 6.45) is 0. The van der Waals surface area contributed by atoms with E-state index in [0.29, 0.717) is 21.3 Å². The molecular weight excluding hydrogens is 335 g/mol. The van der Waals surface area contributed by atoms with Gasteiger partial charge in [-0.1, -0.05) is 23.2 Å². The largest absolute Gasteiger partial charge is 0.378 e. The molecule has 1 saturated heterocycles. The molecular formula is C17H16Cl2N2O2. The lowest BCUT2D eigenvalue weighted by molar-refractivity contribution is 0.102. The minimum absolute atomic E-state index is 0.183. The Morgan fingerprint density at radius 3 is 2.35 bits per heavy atom. The van der Waals surface area contributed by atoms with Gasteiger partial charge in [0.05, 0.1) is 23.3 Å². The molecule has 0 aromatic heterocycles. The van der Waals surface area contributed by atoms with Crippen molar-refractivity contribution in [3.05, 3.63) is 58.1 Å². The van der Waals surface area contributed by atoms with Gasteiger partial charge in [-0.25, -0.2) is 0 Å². The second-order valence-corrected chi connectivity index (χ2v) is 6.04. The zero-order valence-corrected chi connectivity index (χ0v) is 13.9. The summed E-state index contributed by atoms with van der Waals surface area (Å²) in [6, 6.07) is 12.5. The first-order valence-corrected chi connectivity index (χ1v) is 8.08. The van der Waals surface area contributed by atoms with Gasteiger partial charge in [0.15, 0.2) is 0 Å². The molecule has 1 fully saturated rings. The van der Waals surface area contributed by atoms with Crippen LogP contribution in [0.15, 0.2) is 42.5 Å². The number of carbonyl (C=O) groups excluding carboxylic acids is 1. The Bertz CT molecular complexity index is 698. The van der Waals surface area contributed by atoms with Gasteiger partial charge in [-0.05, 0) is 42.5 Å². The molecule has 120 valence electrons. The van der Waals surface area contributed by atoms with Crippen molar-refractivity contribution >= 4 is 40.5 Å². The Labute approximate surface area is 144 Å². The predicted octanol–water partition coefficient (Wildman–Crippen LogP) is 4.08. The molecule has 0 atom stereocenters. The van der Waals surface area contributed by atoms with E-state index in [1.807, 2.05) is 24.3 Å². The molecule has 4 nitrogen and oxygen atoms in total. The molecule has 1 aliphatic rings. The Morgan fingerprint density at radius 1 is 1.00 bits per heavy atom. The summed E-state index contributed by atoms with van der Waals surface area (Å²) >= 11 is 11.8. The molecule has 1 N–H and O–H groups in total. The third kappa shape index (κ3) is 3.96. The summed E-state index contributed by atoms with van der Waals surface area (Å²) in [5, 5.41) is 3.68. The first kappa shape index (κ1) is 16.1. The van der Waals surface area contributed by atoms with Crippen LogP contribution in [0.25, 0.3) is 0 Å². The third-order valence-corrected chi connectivity index (χ3v) is 4.42. The molecule has 2 aromatic rings. The summed E-state index contributed by atoms with van der Waals surface area (Å²) in [5.74, 6) is -0.183. The minimum atomic E-state index is -0.183. The van der Waals surface area contributed by atoms with Crippen molar-refractivity contribution in [2.75, 3.05) is 36.5 Å². The van der Waals surface area contributed by atoms with Gasteiger partial charge in [0.1, 0.15) is 0 Å². The van der Waals surface area contributed by atoms with E-state index in [2.05, 4.69) is 10.2 Å². The van der Waals surface area contributed by atoms with Crippen LogP contribution < -0.4 is 10.2 Å². The fourth-order valence-corrected chi connectivity index (χ4v) is 2.72. The number of amides is 1. The maximum atomic E-state index is 12.3. The molecule has 0 radical (unpaired) electrons. The van der Waals surface area contributed by atoms with Crippen LogP contribution in [0.1, 0.15) is 10.4 Å². The first-order valence-electron chi connectivity index (χ1n) is 7.32. The maximum Gasteiger partial charge on any atom is 0.255 e. The average Bonchev–Trinajstić information content (AvgIpc) is 2.59. The van der Waals surface area contributed by atoms with E-state index in [0.717, 1.165) is 32.0 Å². The smallest absolute Gasteiger partial charge is 0.255 e. The van der Waals surface area contributed by atoms with Crippen molar-refractivity contribution in [1.29, 1.82) is 0 Å². The van der Waals surface area contributed by atoms with Crippen LogP contribution in [-0.4, -0.2) is 32.2 Å². The molecule has 6 heteroatoms. The van der Waals surface area contributed by atoms with E-state index < -0.39 is 0 Å². The van der Waals surface area contributed by atoms with Gasteiger partial charge in [-0.15, -0.1) is 0 Å². The highest BCUT2D eigenvalue weighted by atomic mass is 35.5. The molecule has 1 heterocycles. The topological polar surface area (TPSA) is 41.6 Å². The van der Waals surface area contributed by atoms with Crippen LogP contribution in [0.3, 0.4) is 0 Å². The maximum absolute atomic E-state index is 12.3. The van der Waals surface area contributed by atoms with E-state index in [1.165, 1.54) is 0 Å². The van der Waals surface area contributed by atoms with Crippen LogP contribution in [0.2, 0.25) is 10.0 Å². The molecule has 0 aliphatic carbocycles. The molecule has 3 rings (SSSR count). The van der Waals surface area contributed by atoms with Crippen LogP contribution in [-0.2, 0) is 4.74 Å². The van der Waals surface area contributed by atoms with Crippen molar-refractivity contribution < 1.29 is 9.53 Å². The van der Waals surface area contributed by atoms with Gasteiger partial charge in [-0.3, -0.25) is 4.79 Å². The number of hydrogen-bond donors (Lipinski definition) is 1. The number of anilines is 2. The van der Waals surface area contributed by atoms with Gasteiger partial charge < -0.3 is 15.0 Å². The van der Waals surface area contributed by atoms with Gasteiger partial charge in [0, 0.05) is 30.0 Å². The lowest BCUT2D eigenvalue weighted by Crippen LogP contribution is -2.36. The highest BCUT2D eigenvalue weighted by Crippen LogP contribution is 2.25. The summed E-state index contributed by atoms with van der Waals surface area (Å²) in [6.45, 7) is 3.21.